The van der Waals surface area contributed by atoms with Crippen molar-refractivity contribution in [3.63, 3.8) is 0 Å². The molecule has 4 heterocycles. The average molecular weight is 380 g/mol. The Bertz CT molecular complexity index is 1050. The second kappa shape index (κ2) is 7.38. The Balaban J connectivity index is 1.62. The SMILES string of the molecule is N=C(c1cnc(C(=O)N2CCCCCC2)cc1N)c1cnc2ccc(F)cn12. The molecule has 0 atom stereocenters. The first-order valence-electron chi connectivity index (χ1n) is 9.31. The maximum atomic E-state index is 13.6. The van der Waals surface area contributed by atoms with E-state index in [0.717, 1.165) is 38.8 Å². The van der Waals surface area contributed by atoms with Gasteiger partial charge in [-0.15, -0.1) is 0 Å². The molecule has 0 radical (unpaired) electrons. The van der Waals surface area contributed by atoms with Gasteiger partial charge >= 0.3 is 0 Å². The lowest BCUT2D eigenvalue weighted by Crippen LogP contribution is -2.32. The molecule has 0 bridgehead atoms. The first kappa shape index (κ1) is 18.1. The highest BCUT2D eigenvalue weighted by Gasteiger charge is 2.21. The van der Waals surface area contributed by atoms with Gasteiger partial charge in [-0.25, -0.2) is 9.37 Å². The van der Waals surface area contributed by atoms with Crippen molar-refractivity contribution in [2.75, 3.05) is 18.8 Å². The van der Waals surface area contributed by atoms with E-state index >= 15 is 0 Å². The zero-order valence-electron chi connectivity index (χ0n) is 15.4. The Morgan fingerprint density at radius 3 is 2.57 bits per heavy atom. The highest BCUT2D eigenvalue weighted by atomic mass is 19.1. The highest BCUT2D eigenvalue weighted by Crippen LogP contribution is 2.20. The number of carbonyl (C=O) groups excluding carboxylic acids is 1. The smallest absolute Gasteiger partial charge is 0.272 e. The van der Waals surface area contributed by atoms with E-state index in [4.69, 9.17) is 11.1 Å². The molecule has 144 valence electrons. The average Bonchev–Trinajstić information content (AvgIpc) is 2.91. The van der Waals surface area contributed by atoms with Gasteiger partial charge in [-0.2, -0.15) is 0 Å². The third-order valence-corrected chi connectivity index (χ3v) is 5.04. The van der Waals surface area contributed by atoms with Crippen molar-refractivity contribution in [1.29, 1.82) is 5.41 Å². The molecule has 1 aliphatic rings. The molecule has 0 spiro atoms. The number of pyridine rings is 2. The Morgan fingerprint density at radius 1 is 1.11 bits per heavy atom. The molecule has 0 saturated carbocycles. The number of likely N-dealkylation sites (tertiary alicyclic amines) is 1. The topological polar surface area (TPSA) is 100 Å². The molecular weight excluding hydrogens is 359 g/mol. The van der Waals surface area contributed by atoms with E-state index in [0.29, 0.717) is 16.9 Å². The molecule has 1 saturated heterocycles. The fourth-order valence-electron chi connectivity index (χ4n) is 3.51. The first-order valence-corrected chi connectivity index (χ1v) is 9.31. The molecule has 7 nitrogen and oxygen atoms in total. The summed E-state index contributed by atoms with van der Waals surface area (Å²) in [5.41, 5.74) is 8.07. The van der Waals surface area contributed by atoms with Crippen LogP contribution in [0.25, 0.3) is 5.65 Å². The first-order chi connectivity index (χ1) is 13.5. The number of nitrogen functional groups attached to an aromatic ring is 1. The summed E-state index contributed by atoms with van der Waals surface area (Å²) in [4.78, 5) is 23.0. The minimum Gasteiger partial charge on any atom is -0.398 e. The normalized spacial score (nSPS) is 14.8. The third kappa shape index (κ3) is 3.33. The number of anilines is 1. The predicted molar refractivity (Wildman–Crippen MR) is 104 cm³/mol. The Hall–Kier alpha value is -3.29. The molecule has 0 aliphatic carbocycles. The number of carbonyl (C=O) groups is 1. The van der Waals surface area contributed by atoms with Gasteiger partial charge in [0.05, 0.1) is 17.6 Å². The van der Waals surface area contributed by atoms with E-state index in [2.05, 4.69) is 9.97 Å². The third-order valence-electron chi connectivity index (χ3n) is 5.04. The molecule has 1 amide bonds. The molecule has 3 aromatic rings. The van der Waals surface area contributed by atoms with Gasteiger partial charge in [-0.1, -0.05) is 12.8 Å². The zero-order valence-corrected chi connectivity index (χ0v) is 15.4. The van der Waals surface area contributed by atoms with Crippen LogP contribution in [0.1, 0.15) is 47.4 Å². The molecule has 3 N–H and O–H groups in total. The van der Waals surface area contributed by atoms with E-state index < -0.39 is 5.82 Å². The summed E-state index contributed by atoms with van der Waals surface area (Å²) in [6.45, 7) is 1.46. The van der Waals surface area contributed by atoms with Crippen molar-refractivity contribution in [3.8, 4) is 0 Å². The summed E-state index contributed by atoms with van der Waals surface area (Å²) in [5, 5.41) is 8.48. The fourth-order valence-corrected chi connectivity index (χ4v) is 3.51. The minimum absolute atomic E-state index is 0.0665. The van der Waals surface area contributed by atoms with Crippen LogP contribution >= 0.6 is 0 Å². The lowest BCUT2D eigenvalue weighted by atomic mass is 10.1. The summed E-state index contributed by atoms with van der Waals surface area (Å²) in [6, 6.07) is 4.37. The van der Waals surface area contributed by atoms with E-state index in [-0.39, 0.29) is 23.0 Å². The van der Waals surface area contributed by atoms with Crippen LogP contribution in [0.2, 0.25) is 0 Å². The molecule has 4 rings (SSSR count). The molecule has 0 aromatic carbocycles. The molecule has 1 aliphatic heterocycles. The number of imidazole rings is 1. The second-order valence-electron chi connectivity index (χ2n) is 6.96. The van der Waals surface area contributed by atoms with Crippen LogP contribution in [0, 0.1) is 11.2 Å². The number of hydrogen-bond donors (Lipinski definition) is 2. The number of fused-ring (bicyclic) bond motifs is 1. The molecule has 1 fully saturated rings. The zero-order chi connectivity index (χ0) is 19.7. The molecule has 3 aromatic heterocycles. The standard InChI is InChI=1S/C20H21FN6O/c21-13-5-6-18-25-11-17(27(18)12-13)19(23)14-10-24-16(9-15(14)22)20(28)26-7-3-1-2-4-8-26/h5-6,9-12,23H,1-4,7-8H2,(H2,22,24). The van der Waals surface area contributed by atoms with Crippen LogP contribution in [0.3, 0.4) is 0 Å². The van der Waals surface area contributed by atoms with Crippen LogP contribution in [-0.4, -0.2) is 44.0 Å². The van der Waals surface area contributed by atoms with Crippen molar-refractivity contribution in [2.45, 2.75) is 25.7 Å². The number of nitrogens with two attached hydrogens (primary N) is 1. The van der Waals surface area contributed by atoms with Crippen LogP contribution in [0.5, 0.6) is 0 Å². The minimum atomic E-state index is -0.427. The molecule has 0 unspecified atom stereocenters. The summed E-state index contributed by atoms with van der Waals surface area (Å²) in [7, 11) is 0. The summed E-state index contributed by atoms with van der Waals surface area (Å²) in [6.07, 6.45) is 8.45. The lowest BCUT2D eigenvalue weighted by molar-refractivity contribution is 0.0756. The van der Waals surface area contributed by atoms with Crippen LogP contribution in [0.15, 0.2) is 36.8 Å². The van der Waals surface area contributed by atoms with Crippen LogP contribution < -0.4 is 5.73 Å². The van der Waals surface area contributed by atoms with Gasteiger partial charge in [0.25, 0.3) is 5.91 Å². The van der Waals surface area contributed by atoms with Gasteiger partial charge in [-0.05, 0) is 31.0 Å². The van der Waals surface area contributed by atoms with Gasteiger partial charge in [0, 0.05) is 36.7 Å². The summed E-state index contributed by atoms with van der Waals surface area (Å²) >= 11 is 0. The highest BCUT2D eigenvalue weighted by molar-refractivity contribution is 6.13. The van der Waals surface area contributed by atoms with Crippen LogP contribution in [0.4, 0.5) is 10.1 Å². The number of hydrogen-bond acceptors (Lipinski definition) is 5. The number of halogens is 1. The fraction of sp³-hybridized carbons (Fsp3) is 0.300. The lowest BCUT2D eigenvalue weighted by Gasteiger charge is -2.20. The van der Waals surface area contributed by atoms with Crippen molar-refractivity contribution in [1.82, 2.24) is 19.3 Å². The van der Waals surface area contributed by atoms with Gasteiger partial charge < -0.3 is 10.6 Å². The van der Waals surface area contributed by atoms with Gasteiger partial charge in [-0.3, -0.25) is 19.6 Å². The van der Waals surface area contributed by atoms with Crippen LogP contribution in [-0.2, 0) is 0 Å². The number of amides is 1. The summed E-state index contributed by atoms with van der Waals surface area (Å²) < 4.78 is 15.1. The quantitative estimate of drug-likeness (QED) is 0.682. The van der Waals surface area contributed by atoms with E-state index in [9.17, 15) is 9.18 Å². The van der Waals surface area contributed by atoms with Gasteiger partial charge in [0.1, 0.15) is 17.2 Å². The molecule has 28 heavy (non-hydrogen) atoms. The maximum Gasteiger partial charge on any atom is 0.272 e. The Kier molecular flexibility index (Phi) is 4.77. The van der Waals surface area contributed by atoms with Crippen molar-refractivity contribution in [2.24, 2.45) is 0 Å². The number of aromatic nitrogens is 3. The predicted octanol–water partition coefficient (Wildman–Crippen LogP) is 2.88. The van der Waals surface area contributed by atoms with Crippen molar-refractivity contribution >= 4 is 23.0 Å². The Labute approximate surface area is 161 Å². The number of rotatable bonds is 3. The largest absolute Gasteiger partial charge is 0.398 e. The molecule has 8 heteroatoms. The number of nitrogens with zero attached hydrogens (tertiary/aromatic N) is 4. The van der Waals surface area contributed by atoms with Gasteiger partial charge in [0.15, 0.2) is 0 Å². The summed E-state index contributed by atoms with van der Waals surface area (Å²) in [5.74, 6) is -0.562. The van der Waals surface area contributed by atoms with E-state index in [1.54, 1.807) is 0 Å². The second-order valence-corrected chi connectivity index (χ2v) is 6.96. The van der Waals surface area contributed by atoms with E-state index in [1.807, 2.05) is 4.90 Å². The van der Waals surface area contributed by atoms with Gasteiger partial charge in [0.2, 0.25) is 0 Å². The maximum absolute atomic E-state index is 13.6. The van der Waals surface area contributed by atoms with Crippen molar-refractivity contribution < 1.29 is 9.18 Å². The number of nitrogens with one attached hydrogen (secondary N) is 1. The monoisotopic (exact) mass is 380 g/mol. The Morgan fingerprint density at radius 2 is 1.86 bits per heavy atom. The van der Waals surface area contributed by atoms with E-state index in [1.165, 1.54) is 41.2 Å². The van der Waals surface area contributed by atoms with Crippen molar-refractivity contribution in [3.05, 3.63) is 59.6 Å². The molecular formula is C20H21FN6O.